The van der Waals surface area contributed by atoms with E-state index < -0.39 is 0 Å². The number of ether oxygens (including phenoxy) is 2. The summed E-state index contributed by atoms with van der Waals surface area (Å²) in [5, 5.41) is 3.47. The molecule has 0 saturated heterocycles. The normalized spacial score (nSPS) is 12.4. The molecule has 0 saturated carbocycles. The Morgan fingerprint density at radius 2 is 2.00 bits per heavy atom. The summed E-state index contributed by atoms with van der Waals surface area (Å²) in [7, 11) is 0. The molecule has 1 atom stereocenters. The van der Waals surface area contributed by atoms with Crippen molar-refractivity contribution in [3.8, 4) is 5.75 Å². The third kappa shape index (κ3) is 5.07. The summed E-state index contributed by atoms with van der Waals surface area (Å²) in [6, 6.07) is 8.71. The van der Waals surface area contributed by atoms with Crippen molar-refractivity contribution in [3.63, 3.8) is 0 Å². The first-order valence-corrected chi connectivity index (χ1v) is 6.85. The zero-order chi connectivity index (χ0) is 13.2. The van der Waals surface area contributed by atoms with Gasteiger partial charge in [-0.3, -0.25) is 0 Å². The van der Waals surface area contributed by atoms with Gasteiger partial charge in [0, 0.05) is 12.6 Å². The first-order valence-electron chi connectivity index (χ1n) is 6.85. The number of nitrogens with one attached hydrogen (secondary N) is 1. The number of hydrogen-bond donors (Lipinski definition) is 1. The van der Waals surface area contributed by atoms with Crippen molar-refractivity contribution in [1.82, 2.24) is 5.32 Å². The average molecular weight is 251 g/mol. The molecule has 1 rings (SSSR count). The predicted octanol–water partition coefficient (Wildman–Crippen LogP) is 3.16. The van der Waals surface area contributed by atoms with Gasteiger partial charge in [-0.2, -0.15) is 0 Å². The molecule has 3 heteroatoms. The molecular weight excluding hydrogens is 226 g/mol. The van der Waals surface area contributed by atoms with Crippen LogP contribution in [0, 0.1) is 0 Å². The molecule has 1 aromatic carbocycles. The number of hydrogen-bond acceptors (Lipinski definition) is 3. The quantitative estimate of drug-likeness (QED) is 0.684. The van der Waals surface area contributed by atoms with E-state index in [9.17, 15) is 0 Å². The van der Waals surface area contributed by atoms with Crippen molar-refractivity contribution in [2.24, 2.45) is 0 Å². The third-order valence-corrected chi connectivity index (χ3v) is 2.82. The highest BCUT2D eigenvalue weighted by molar-refractivity contribution is 5.30. The van der Waals surface area contributed by atoms with E-state index >= 15 is 0 Å². The smallest absolute Gasteiger partial charge is 0.119 e. The number of benzene rings is 1. The van der Waals surface area contributed by atoms with Crippen LogP contribution in [0.5, 0.6) is 5.75 Å². The molecule has 0 spiro atoms. The Kier molecular flexibility index (Phi) is 7.46. The minimum Gasteiger partial charge on any atom is -0.491 e. The van der Waals surface area contributed by atoms with Crippen LogP contribution in [-0.4, -0.2) is 26.4 Å². The van der Waals surface area contributed by atoms with Crippen LogP contribution in [0.25, 0.3) is 0 Å². The highest BCUT2D eigenvalue weighted by atomic mass is 16.5. The summed E-state index contributed by atoms with van der Waals surface area (Å²) in [5.74, 6) is 0.920. The van der Waals surface area contributed by atoms with Gasteiger partial charge in [-0.1, -0.05) is 26.0 Å². The molecule has 0 aliphatic heterocycles. The van der Waals surface area contributed by atoms with Gasteiger partial charge < -0.3 is 14.8 Å². The second-order valence-electron chi connectivity index (χ2n) is 4.14. The van der Waals surface area contributed by atoms with Crippen LogP contribution >= 0.6 is 0 Å². The van der Waals surface area contributed by atoms with E-state index in [1.165, 1.54) is 5.56 Å². The summed E-state index contributed by atoms with van der Waals surface area (Å²) in [4.78, 5) is 0. The molecule has 3 nitrogen and oxygen atoms in total. The lowest BCUT2D eigenvalue weighted by atomic mass is 10.0. The van der Waals surface area contributed by atoms with E-state index in [4.69, 9.17) is 9.47 Å². The molecule has 0 amide bonds. The van der Waals surface area contributed by atoms with Crippen LogP contribution in [0.3, 0.4) is 0 Å². The summed E-state index contributed by atoms with van der Waals surface area (Å²) in [6.07, 6.45) is 1.08. The monoisotopic (exact) mass is 251 g/mol. The second-order valence-corrected chi connectivity index (χ2v) is 4.14. The van der Waals surface area contributed by atoms with Crippen molar-refractivity contribution < 1.29 is 9.47 Å². The Morgan fingerprint density at radius 3 is 2.67 bits per heavy atom. The van der Waals surface area contributed by atoms with E-state index in [1.807, 2.05) is 19.1 Å². The lowest BCUT2D eigenvalue weighted by Crippen LogP contribution is -2.20. The maximum atomic E-state index is 5.67. The van der Waals surface area contributed by atoms with Crippen molar-refractivity contribution in [2.75, 3.05) is 26.4 Å². The fourth-order valence-corrected chi connectivity index (χ4v) is 1.93. The molecule has 1 aromatic rings. The van der Waals surface area contributed by atoms with Gasteiger partial charge in [0.2, 0.25) is 0 Å². The van der Waals surface area contributed by atoms with E-state index in [0.717, 1.165) is 25.3 Å². The molecule has 0 aliphatic rings. The molecule has 102 valence electrons. The molecule has 18 heavy (non-hydrogen) atoms. The zero-order valence-corrected chi connectivity index (χ0v) is 11.7. The molecule has 0 heterocycles. The SMILES string of the molecule is CCNC(CC)c1cccc(OCCOCC)c1. The fraction of sp³-hybridized carbons (Fsp3) is 0.600. The molecule has 0 bridgehead atoms. The van der Waals surface area contributed by atoms with Gasteiger partial charge in [0.25, 0.3) is 0 Å². The Labute approximate surface area is 110 Å². The Balaban J connectivity index is 2.55. The molecule has 0 radical (unpaired) electrons. The minimum atomic E-state index is 0.408. The van der Waals surface area contributed by atoms with Crippen LogP contribution in [0.4, 0.5) is 0 Å². The second kappa shape index (κ2) is 8.95. The summed E-state index contributed by atoms with van der Waals surface area (Å²) in [6.45, 7) is 9.28. The molecule has 0 fully saturated rings. The van der Waals surface area contributed by atoms with Crippen molar-refractivity contribution in [2.45, 2.75) is 33.2 Å². The first-order chi connectivity index (χ1) is 8.81. The van der Waals surface area contributed by atoms with Gasteiger partial charge >= 0.3 is 0 Å². The van der Waals surface area contributed by atoms with Gasteiger partial charge in [-0.25, -0.2) is 0 Å². The highest BCUT2D eigenvalue weighted by Crippen LogP contribution is 2.21. The molecule has 0 aliphatic carbocycles. The van der Waals surface area contributed by atoms with Gasteiger partial charge in [0.15, 0.2) is 0 Å². The van der Waals surface area contributed by atoms with Crippen molar-refractivity contribution in [3.05, 3.63) is 29.8 Å². The van der Waals surface area contributed by atoms with Crippen molar-refractivity contribution >= 4 is 0 Å². The van der Waals surface area contributed by atoms with Gasteiger partial charge in [-0.15, -0.1) is 0 Å². The lowest BCUT2D eigenvalue weighted by Gasteiger charge is -2.17. The van der Waals surface area contributed by atoms with Gasteiger partial charge in [0.05, 0.1) is 6.61 Å². The zero-order valence-electron chi connectivity index (χ0n) is 11.7. The molecule has 1 unspecified atom stereocenters. The van der Waals surface area contributed by atoms with Crippen LogP contribution in [0.2, 0.25) is 0 Å². The number of rotatable bonds is 9. The topological polar surface area (TPSA) is 30.5 Å². The van der Waals surface area contributed by atoms with E-state index in [1.54, 1.807) is 0 Å². The maximum absolute atomic E-state index is 5.67. The van der Waals surface area contributed by atoms with Gasteiger partial charge in [-0.05, 0) is 37.6 Å². The maximum Gasteiger partial charge on any atom is 0.119 e. The molecule has 1 N–H and O–H groups in total. The summed E-state index contributed by atoms with van der Waals surface area (Å²) >= 11 is 0. The summed E-state index contributed by atoms with van der Waals surface area (Å²) < 4.78 is 10.9. The first kappa shape index (κ1) is 15.0. The largest absolute Gasteiger partial charge is 0.491 e. The van der Waals surface area contributed by atoms with Gasteiger partial charge in [0.1, 0.15) is 12.4 Å². The Hall–Kier alpha value is -1.06. The van der Waals surface area contributed by atoms with E-state index in [2.05, 4.69) is 31.3 Å². The predicted molar refractivity (Wildman–Crippen MR) is 75.1 cm³/mol. The Morgan fingerprint density at radius 1 is 1.17 bits per heavy atom. The van der Waals surface area contributed by atoms with Crippen LogP contribution in [0.15, 0.2) is 24.3 Å². The van der Waals surface area contributed by atoms with Crippen LogP contribution in [-0.2, 0) is 4.74 Å². The molecular formula is C15H25NO2. The molecule has 0 aromatic heterocycles. The highest BCUT2D eigenvalue weighted by Gasteiger charge is 2.08. The average Bonchev–Trinajstić information content (AvgIpc) is 2.41. The summed E-state index contributed by atoms with van der Waals surface area (Å²) in [5.41, 5.74) is 1.29. The minimum absolute atomic E-state index is 0.408. The van der Waals surface area contributed by atoms with E-state index in [0.29, 0.717) is 19.3 Å². The van der Waals surface area contributed by atoms with Crippen LogP contribution < -0.4 is 10.1 Å². The lowest BCUT2D eigenvalue weighted by molar-refractivity contribution is 0.110. The van der Waals surface area contributed by atoms with Crippen molar-refractivity contribution in [1.29, 1.82) is 0 Å². The Bertz CT molecular complexity index is 328. The van der Waals surface area contributed by atoms with E-state index in [-0.39, 0.29) is 0 Å². The fourth-order valence-electron chi connectivity index (χ4n) is 1.93. The standard InChI is InChI=1S/C15H25NO2/c1-4-15(16-5-2)13-8-7-9-14(12-13)18-11-10-17-6-3/h7-9,12,15-16H,4-6,10-11H2,1-3H3. The van der Waals surface area contributed by atoms with Crippen LogP contribution in [0.1, 0.15) is 38.8 Å². The third-order valence-electron chi connectivity index (χ3n) is 2.82.